The van der Waals surface area contributed by atoms with E-state index in [1.165, 1.54) is 10.9 Å². The van der Waals surface area contributed by atoms with Gasteiger partial charge in [0.05, 0.1) is 10.7 Å². The van der Waals surface area contributed by atoms with Crippen LogP contribution >= 0.6 is 15.9 Å². The molecule has 1 aromatic heterocycles. The molecule has 1 heterocycles. The van der Waals surface area contributed by atoms with Crippen LogP contribution in [0.5, 0.6) is 0 Å². The van der Waals surface area contributed by atoms with Crippen LogP contribution in [0.1, 0.15) is 30.4 Å². The van der Waals surface area contributed by atoms with Gasteiger partial charge in [0.1, 0.15) is 18.9 Å². The summed E-state index contributed by atoms with van der Waals surface area (Å²) in [4.78, 5) is 11.9. The Morgan fingerprint density at radius 2 is 2.10 bits per heavy atom. The Hall–Kier alpha value is -0.960. The van der Waals surface area contributed by atoms with Crippen LogP contribution in [0.4, 0.5) is 17.6 Å². The number of ether oxygens (including phenoxy) is 1. The standard InChI is InChI=1S/C11H13BrF4N2O2/c1-6(2)18-9(7(12)3-17-18)8(19)4-20-5-11(15,16)10(13)14/h3,6,10H,4-5H2,1-2H3. The van der Waals surface area contributed by atoms with Gasteiger partial charge < -0.3 is 4.74 Å². The van der Waals surface area contributed by atoms with Crippen molar-refractivity contribution in [3.8, 4) is 0 Å². The molecule has 0 aromatic carbocycles. The lowest BCUT2D eigenvalue weighted by Gasteiger charge is -2.15. The minimum atomic E-state index is -4.27. The van der Waals surface area contributed by atoms with Crippen molar-refractivity contribution in [2.75, 3.05) is 13.2 Å². The predicted octanol–water partition coefficient (Wildman–Crippen LogP) is 3.33. The SMILES string of the molecule is CC(C)n1ncc(Br)c1C(=O)COCC(F)(F)C(F)F. The first kappa shape index (κ1) is 17.1. The fourth-order valence-electron chi connectivity index (χ4n) is 1.40. The number of aromatic nitrogens is 2. The van der Waals surface area contributed by atoms with Crippen LogP contribution in [0, 0.1) is 0 Å². The summed E-state index contributed by atoms with van der Waals surface area (Å²) in [6, 6.07) is -0.122. The van der Waals surface area contributed by atoms with Gasteiger partial charge in [-0.15, -0.1) is 0 Å². The number of alkyl halides is 4. The van der Waals surface area contributed by atoms with Crippen LogP contribution in [0.2, 0.25) is 0 Å². The Bertz CT molecular complexity index is 477. The van der Waals surface area contributed by atoms with Gasteiger partial charge >= 0.3 is 12.3 Å². The second-order valence-corrected chi connectivity index (χ2v) is 5.21. The third kappa shape index (κ3) is 4.02. The molecule has 0 saturated carbocycles. The molecule has 0 fully saturated rings. The number of ketones is 1. The molecule has 1 aromatic rings. The monoisotopic (exact) mass is 360 g/mol. The minimum Gasteiger partial charge on any atom is -0.367 e. The fourth-order valence-corrected chi connectivity index (χ4v) is 1.90. The molecule has 0 spiro atoms. The summed E-state index contributed by atoms with van der Waals surface area (Å²) in [6.45, 7) is 1.33. The van der Waals surface area contributed by atoms with Crippen molar-refractivity contribution in [3.05, 3.63) is 16.4 Å². The Kier molecular flexibility index (Phi) is 5.69. The van der Waals surface area contributed by atoms with Gasteiger partial charge in [-0.1, -0.05) is 0 Å². The Morgan fingerprint density at radius 3 is 2.60 bits per heavy atom. The largest absolute Gasteiger partial charge is 0.367 e. The number of carbonyl (C=O) groups is 1. The van der Waals surface area contributed by atoms with Crippen LogP contribution in [-0.2, 0) is 4.74 Å². The van der Waals surface area contributed by atoms with Crippen molar-refractivity contribution in [1.82, 2.24) is 9.78 Å². The average Bonchev–Trinajstić information content (AvgIpc) is 2.70. The number of hydrogen-bond acceptors (Lipinski definition) is 3. The zero-order valence-electron chi connectivity index (χ0n) is 10.7. The highest BCUT2D eigenvalue weighted by atomic mass is 79.9. The van der Waals surface area contributed by atoms with E-state index in [-0.39, 0.29) is 11.7 Å². The van der Waals surface area contributed by atoms with Crippen molar-refractivity contribution in [3.63, 3.8) is 0 Å². The first-order chi connectivity index (χ1) is 9.16. The van der Waals surface area contributed by atoms with Crippen LogP contribution in [0.25, 0.3) is 0 Å². The van der Waals surface area contributed by atoms with Gasteiger partial charge in [0.15, 0.2) is 0 Å². The van der Waals surface area contributed by atoms with E-state index in [2.05, 4.69) is 25.8 Å². The van der Waals surface area contributed by atoms with Crippen molar-refractivity contribution in [1.29, 1.82) is 0 Å². The number of nitrogens with zero attached hydrogens (tertiary/aromatic N) is 2. The van der Waals surface area contributed by atoms with E-state index in [4.69, 9.17) is 0 Å². The van der Waals surface area contributed by atoms with Gasteiger partial charge in [0, 0.05) is 6.04 Å². The van der Waals surface area contributed by atoms with Crippen molar-refractivity contribution in [2.45, 2.75) is 32.2 Å². The normalized spacial score (nSPS) is 12.4. The van der Waals surface area contributed by atoms with Gasteiger partial charge in [-0.2, -0.15) is 13.9 Å². The third-order valence-electron chi connectivity index (χ3n) is 2.35. The summed E-state index contributed by atoms with van der Waals surface area (Å²) in [5.74, 6) is -4.89. The Labute approximate surface area is 121 Å². The van der Waals surface area contributed by atoms with Crippen LogP contribution in [0.15, 0.2) is 10.7 Å². The first-order valence-electron chi connectivity index (χ1n) is 5.66. The fraction of sp³-hybridized carbons (Fsp3) is 0.636. The molecular formula is C11H13BrF4N2O2. The molecule has 0 radical (unpaired) electrons. The second kappa shape index (κ2) is 6.66. The molecule has 20 heavy (non-hydrogen) atoms. The third-order valence-corrected chi connectivity index (χ3v) is 2.93. The number of rotatable bonds is 7. The molecular weight excluding hydrogens is 348 g/mol. The molecule has 9 heteroatoms. The van der Waals surface area contributed by atoms with Crippen LogP contribution in [0.3, 0.4) is 0 Å². The Balaban J connectivity index is 2.67. The molecule has 0 N–H and O–H groups in total. The highest BCUT2D eigenvalue weighted by Gasteiger charge is 2.41. The zero-order chi connectivity index (χ0) is 15.5. The van der Waals surface area contributed by atoms with E-state index in [1.54, 1.807) is 13.8 Å². The number of halogens is 5. The maximum Gasteiger partial charge on any atom is 0.330 e. The van der Waals surface area contributed by atoms with Crippen molar-refractivity contribution >= 4 is 21.7 Å². The molecule has 114 valence electrons. The van der Waals surface area contributed by atoms with Gasteiger partial charge in [0.2, 0.25) is 5.78 Å². The highest BCUT2D eigenvalue weighted by molar-refractivity contribution is 9.10. The predicted molar refractivity (Wildman–Crippen MR) is 66.4 cm³/mol. The van der Waals surface area contributed by atoms with E-state index in [0.717, 1.165) is 0 Å². The molecule has 0 aliphatic heterocycles. The molecule has 0 atom stereocenters. The lowest BCUT2D eigenvalue weighted by Crippen LogP contribution is -2.33. The van der Waals surface area contributed by atoms with E-state index >= 15 is 0 Å². The molecule has 0 unspecified atom stereocenters. The summed E-state index contributed by atoms with van der Waals surface area (Å²) < 4.78 is 55.2. The molecule has 4 nitrogen and oxygen atoms in total. The van der Waals surface area contributed by atoms with Gasteiger partial charge in [0.25, 0.3) is 0 Å². The van der Waals surface area contributed by atoms with Crippen molar-refractivity contribution in [2.24, 2.45) is 0 Å². The maximum atomic E-state index is 12.6. The zero-order valence-corrected chi connectivity index (χ0v) is 12.3. The topological polar surface area (TPSA) is 44.1 Å². The van der Waals surface area contributed by atoms with Crippen LogP contribution in [-0.4, -0.2) is 41.1 Å². The van der Waals surface area contributed by atoms with E-state index in [0.29, 0.717) is 4.47 Å². The molecule has 0 aliphatic carbocycles. The molecule has 1 rings (SSSR count). The van der Waals surface area contributed by atoms with E-state index < -0.39 is 31.3 Å². The summed E-state index contributed by atoms with van der Waals surface area (Å²) >= 11 is 3.11. The van der Waals surface area contributed by atoms with E-state index in [1.807, 2.05) is 0 Å². The smallest absolute Gasteiger partial charge is 0.330 e. The lowest BCUT2D eigenvalue weighted by atomic mass is 10.2. The van der Waals surface area contributed by atoms with Gasteiger partial charge in [-0.05, 0) is 29.8 Å². The summed E-state index contributed by atoms with van der Waals surface area (Å²) in [5.41, 5.74) is 0.153. The van der Waals surface area contributed by atoms with Crippen LogP contribution < -0.4 is 0 Å². The maximum absolute atomic E-state index is 12.6. The van der Waals surface area contributed by atoms with Gasteiger partial charge in [-0.3, -0.25) is 9.48 Å². The molecule has 0 bridgehead atoms. The quantitative estimate of drug-likeness (QED) is 0.553. The number of carbonyl (C=O) groups excluding carboxylic acids is 1. The number of Topliss-reactive ketones (excluding diaryl/α,β-unsaturated/α-hetero) is 1. The minimum absolute atomic E-state index is 0.122. The average molecular weight is 361 g/mol. The summed E-state index contributed by atoms with van der Waals surface area (Å²) in [5, 5.41) is 3.95. The summed E-state index contributed by atoms with van der Waals surface area (Å²) in [6.07, 6.45) is -2.44. The highest BCUT2D eigenvalue weighted by Crippen LogP contribution is 2.24. The molecule has 0 amide bonds. The van der Waals surface area contributed by atoms with Crippen molar-refractivity contribution < 1.29 is 27.1 Å². The molecule has 0 aliphatic rings. The Morgan fingerprint density at radius 1 is 1.50 bits per heavy atom. The second-order valence-electron chi connectivity index (χ2n) is 4.36. The lowest BCUT2D eigenvalue weighted by molar-refractivity contribution is -0.163. The van der Waals surface area contributed by atoms with E-state index in [9.17, 15) is 22.4 Å². The van der Waals surface area contributed by atoms with Gasteiger partial charge in [-0.25, -0.2) is 8.78 Å². The number of hydrogen-bond donors (Lipinski definition) is 0. The first-order valence-corrected chi connectivity index (χ1v) is 6.46. The summed E-state index contributed by atoms with van der Waals surface area (Å²) in [7, 11) is 0. The molecule has 0 saturated heterocycles.